The van der Waals surface area contributed by atoms with Crippen LogP contribution in [0.25, 0.3) is 0 Å². The van der Waals surface area contributed by atoms with Crippen molar-refractivity contribution in [2.24, 2.45) is 0 Å². The smallest absolute Gasteiger partial charge is 0.417 e. The molecule has 3 fully saturated rings. The van der Waals surface area contributed by atoms with E-state index >= 15 is 0 Å². The normalized spacial score (nSPS) is 21.4. The minimum absolute atomic E-state index is 0.00948. The second-order valence-corrected chi connectivity index (χ2v) is 15.6. The molecule has 58 heavy (non-hydrogen) atoms. The second kappa shape index (κ2) is 17.3. The first-order valence-electron chi connectivity index (χ1n) is 19.1. The summed E-state index contributed by atoms with van der Waals surface area (Å²) in [4.78, 5) is 57.7. The molecule has 13 nitrogen and oxygen atoms in total. The van der Waals surface area contributed by atoms with Crippen molar-refractivity contribution in [1.82, 2.24) is 15.1 Å². The van der Waals surface area contributed by atoms with Crippen LogP contribution < -0.4 is 30.5 Å². The van der Waals surface area contributed by atoms with Gasteiger partial charge in [-0.05, 0) is 93.8 Å². The number of hydrogen-bond donors (Lipinski definition) is 4. The Kier molecular flexibility index (Phi) is 12.6. The first-order chi connectivity index (χ1) is 27.5. The molecule has 3 aliphatic rings. The molecule has 0 radical (unpaired) electrons. The van der Waals surface area contributed by atoms with Crippen LogP contribution in [0.2, 0.25) is 0 Å². The summed E-state index contributed by atoms with van der Waals surface area (Å²) in [6.07, 6.45) is -3.50. The standard InChI is InChI=1S/C41H47F3N8O5S/c1-5-26-19-31(52-39(58)51(38(56)40(52,3)4)30-10-9-27(22-45)32(21-30)41(42,43)44)11-13-34(26)57-18-17-50-16-15-49(23-25(50)2)24-36(54)47-29-8-6-7-28(20-29)46-33-12-14-35(53)48-37(33)55/h6-11,13,19-21,25,33,39,46,58H,5,12,14-18,23-24H2,1-4H3,(H,47,54)(H,48,53,55)/t25-,33?,39+/m1/s1. The summed E-state index contributed by atoms with van der Waals surface area (Å²) in [5, 5.41) is 17.7. The third-order valence-corrected chi connectivity index (χ3v) is 11.3. The number of piperidine rings is 1. The number of benzene rings is 3. The summed E-state index contributed by atoms with van der Waals surface area (Å²) in [5.41, 5.74) is -0.942. The van der Waals surface area contributed by atoms with Gasteiger partial charge in [0.25, 0.3) is 5.91 Å². The summed E-state index contributed by atoms with van der Waals surface area (Å²) in [7, 11) is 0. The van der Waals surface area contributed by atoms with Gasteiger partial charge < -0.3 is 20.3 Å². The Bertz CT molecular complexity index is 2110. The van der Waals surface area contributed by atoms with E-state index in [9.17, 15) is 37.6 Å². The number of halogens is 3. The summed E-state index contributed by atoms with van der Waals surface area (Å²) in [5.74, 6) is -0.558. The van der Waals surface area contributed by atoms with Crippen LogP contribution in [0, 0.1) is 11.3 Å². The number of nitrogens with zero attached hydrogens (tertiary/aromatic N) is 5. The largest absolute Gasteiger partial charge is 0.492 e. The molecule has 0 bridgehead atoms. The molecule has 3 atom stereocenters. The SMILES string of the molecule is CCc1cc(N2[C@@H](S)N(c3ccc(C#N)c(C(F)(F)F)c3)C(=O)C2(C)C)ccc1OCCN1CCN(CC(=O)Nc2cccc(NC3CCC(=O)NC3=O)c2)C[C@H]1C. The van der Waals surface area contributed by atoms with Gasteiger partial charge in [-0.1, -0.05) is 13.0 Å². The van der Waals surface area contributed by atoms with Crippen molar-refractivity contribution >= 4 is 59.0 Å². The number of anilines is 4. The van der Waals surface area contributed by atoms with Crippen LogP contribution in [0.1, 0.15) is 57.2 Å². The van der Waals surface area contributed by atoms with Gasteiger partial charge >= 0.3 is 6.18 Å². The van der Waals surface area contributed by atoms with Crippen molar-refractivity contribution < 1.29 is 37.1 Å². The van der Waals surface area contributed by atoms with Gasteiger partial charge in [0.2, 0.25) is 17.7 Å². The Hall–Kier alpha value is -5.31. The number of piperazine rings is 1. The maximum atomic E-state index is 13.8. The molecule has 0 aromatic heterocycles. The Morgan fingerprint density at radius 2 is 1.79 bits per heavy atom. The molecule has 308 valence electrons. The third-order valence-electron chi connectivity index (χ3n) is 10.8. The molecule has 6 rings (SSSR count). The maximum absolute atomic E-state index is 13.8. The van der Waals surface area contributed by atoms with E-state index in [1.54, 1.807) is 49.1 Å². The van der Waals surface area contributed by atoms with Crippen LogP contribution in [0.5, 0.6) is 5.75 Å². The molecular formula is C41H47F3N8O5S. The Balaban J connectivity index is 1.01. The molecule has 3 saturated heterocycles. The molecule has 17 heteroatoms. The summed E-state index contributed by atoms with van der Waals surface area (Å²) in [6.45, 7) is 10.9. The molecule has 3 aromatic carbocycles. The van der Waals surface area contributed by atoms with Gasteiger partial charge in [-0.25, -0.2) is 0 Å². The molecule has 1 unspecified atom stereocenters. The predicted octanol–water partition coefficient (Wildman–Crippen LogP) is 5.23. The number of thiol groups is 1. The Morgan fingerprint density at radius 3 is 2.48 bits per heavy atom. The molecule has 0 aliphatic carbocycles. The fourth-order valence-electron chi connectivity index (χ4n) is 7.70. The fraction of sp³-hybridized carbons (Fsp3) is 0.439. The summed E-state index contributed by atoms with van der Waals surface area (Å²) >= 11 is 4.72. The quantitative estimate of drug-likeness (QED) is 0.142. The Morgan fingerprint density at radius 1 is 1.05 bits per heavy atom. The Labute approximate surface area is 340 Å². The van der Waals surface area contributed by atoms with E-state index in [0.717, 1.165) is 24.2 Å². The van der Waals surface area contributed by atoms with Crippen LogP contribution in [0.4, 0.5) is 35.9 Å². The highest BCUT2D eigenvalue weighted by Crippen LogP contribution is 2.43. The lowest BCUT2D eigenvalue weighted by atomic mass is 10.0. The number of ether oxygens (including phenoxy) is 1. The highest BCUT2D eigenvalue weighted by Gasteiger charge is 2.52. The van der Waals surface area contributed by atoms with Gasteiger partial charge in [-0.15, -0.1) is 12.6 Å². The molecule has 3 aliphatic heterocycles. The van der Waals surface area contributed by atoms with E-state index < -0.39 is 40.3 Å². The van der Waals surface area contributed by atoms with Gasteiger partial charge in [-0.2, -0.15) is 18.4 Å². The first-order valence-corrected chi connectivity index (χ1v) is 19.7. The molecule has 4 amide bonds. The summed E-state index contributed by atoms with van der Waals surface area (Å²) < 4.78 is 47.6. The van der Waals surface area contributed by atoms with E-state index in [4.69, 9.17) is 17.4 Å². The van der Waals surface area contributed by atoms with Gasteiger partial charge in [0.1, 0.15) is 23.9 Å². The number of nitriles is 1. The monoisotopic (exact) mass is 820 g/mol. The minimum Gasteiger partial charge on any atom is -0.492 e. The number of amides is 4. The number of rotatable bonds is 12. The van der Waals surface area contributed by atoms with Crippen LogP contribution in [0.15, 0.2) is 60.7 Å². The zero-order chi connectivity index (χ0) is 41.9. The van der Waals surface area contributed by atoms with E-state index in [1.807, 2.05) is 25.1 Å². The number of hydrogen-bond acceptors (Lipinski definition) is 11. The third kappa shape index (κ3) is 9.19. The average Bonchev–Trinajstić information content (AvgIpc) is 3.35. The highest BCUT2D eigenvalue weighted by atomic mass is 32.1. The lowest BCUT2D eigenvalue weighted by molar-refractivity contribution is -0.138. The first kappa shape index (κ1) is 42.3. The van der Waals surface area contributed by atoms with Crippen LogP contribution in [0.3, 0.4) is 0 Å². The van der Waals surface area contributed by atoms with Crippen molar-refractivity contribution in [2.45, 2.75) is 76.3 Å². The van der Waals surface area contributed by atoms with Gasteiger partial charge in [0.05, 0.1) is 23.7 Å². The van der Waals surface area contributed by atoms with E-state index in [-0.39, 0.29) is 42.4 Å². The van der Waals surface area contributed by atoms with Crippen molar-refractivity contribution in [3.05, 3.63) is 77.4 Å². The van der Waals surface area contributed by atoms with Gasteiger partial charge in [0, 0.05) is 61.4 Å². The van der Waals surface area contributed by atoms with Crippen LogP contribution in [-0.2, 0) is 31.8 Å². The van der Waals surface area contributed by atoms with Gasteiger partial charge in [0.15, 0.2) is 5.50 Å². The topological polar surface area (TPSA) is 150 Å². The number of carbonyl (C=O) groups is 4. The minimum atomic E-state index is -4.78. The van der Waals surface area contributed by atoms with E-state index in [1.165, 1.54) is 11.0 Å². The van der Waals surface area contributed by atoms with Crippen molar-refractivity contribution in [3.63, 3.8) is 0 Å². The van der Waals surface area contributed by atoms with Crippen molar-refractivity contribution in [2.75, 3.05) is 59.8 Å². The fourth-order valence-corrected chi connectivity index (χ4v) is 8.36. The molecule has 0 saturated carbocycles. The highest BCUT2D eigenvalue weighted by molar-refractivity contribution is 7.81. The van der Waals surface area contributed by atoms with Gasteiger partial charge in [-0.3, -0.25) is 39.2 Å². The molecule has 0 spiro atoms. The second-order valence-electron chi connectivity index (χ2n) is 15.2. The van der Waals surface area contributed by atoms with E-state index in [0.29, 0.717) is 61.9 Å². The molecule has 3 N–H and O–H groups in total. The average molecular weight is 821 g/mol. The number of carbonyl (C=O) groups excluding carboxylic acids is 4. The lowest BCUT2D eigenvalue weighted by Crippen LogP contribution is -2.54. The lowest BCUT2D eigenvalue weighted by Gasteiger charge is -2.39. The molecule has 3 heterocycles. The van der Waals surface area contributed by atoms with Crippen LogP contribution in [-0.4, -0.2) is 95.9 Å². The molecular weight excluding hydrogens is 774 g/mol. The maximum Gasteiger partial charge on any atom is 0.417 e. The number of aryl methyl sites for hydroxylation is 1. The summed E-state index contributed by atoms with van der Waals surface area (Å²) in [6, 6.07) is 17.1. The van der Waals surface area contributed by atoms with Crippen molar-refractivity contribution in [3.8, 4) is 11.8 Å². The number of alkyl halides is 3. The zero-order valence-electron chi connectivity index (χ0n) is 32.7. The predicted molar refractivity (Wildman–Crippen MR) is 217 cm³/mol. The van der Waals surface area contributed by atoms with E-state index in [2.05, 4.69) is 32.7 Å². The molecule has 3 aromatic rings. The number of nitrogens with one attached hydrogen (secondary N) is 3. The number of imide groups is 1. The van der Waals surface area contributed by atoms with Crippen LogP contribution >= 0.6 is 12.6 Å². The van der Waals surface area contributed by atoms with Crippen molar-refractivity contribution in [1.29, 1.82) is 5.26 Å². The zero-order valence-corrected chi connectivity index (χ0v) is 33.6.